The standard InChI is InChI=1S/C15H13NO2/c1-16-14(17)12-9-5-8-11(13(12)15(16)18)10-6-3-2-4-7-10/h2-9,12-13H,1H3/t12-,13+/m1/s1. The lowest BCUT2D eigenvalue weighted by atomic mass is 9.81. The number of nitrogens with zero attached hydrogens (tertiary/aromatic N) is 1. The summed E-state index contributed by atoms with van der Waals surface area (Å²) in [6.07, 6.45) is 5.62. The smallest absolute Gasteiger partial charge is 0.237 e. The zero-order valence-electron chi connectivity index (χ0n) is 10.0. The summed E-state index contributed by atoms with van der Waals surface area (Å²) in [6.45, 7) is 0. The van der Waals surface area contributed by atoms with Crippen molar-refractivity contribution in [3.05, 3.63) is 54.1 Å². The normalized spacial score (nSPS) is 26.3. The van der Waals surface area contributed by atoms with Crippen LogP contribution in [0.15, 0.2) is 48.6 Å². The van der Waals surface area contributed by atoms with Gasteiger partial charge in [-0.1, -0.05) is 48.6 Å². The maximum absolute atomic E-state index is 12.2. The van der Waals surface area contributed by atoms with E-state index in [-0.39, 0.29) is 23.7 Å². The van der Waals surface area contributed by atoms with Crippen LogP contribution in [0.25, 0.3) is 5.57 Å². The largest absolute Gasteiger partial charge is 0.285 e. The van der Waals surface area contributed by atoms with E-state index >= 15 is 0 Å². The molecular formula is C15H13NO2. The lowest BCUT2D eigenvalue weighted by molar-refractivity contribution is -0.137. The third-order valence-electron chi connectivity index (χ3n) is 3.61. The number of hydrogen-bond donors (Lipinski definition) is 0. The van der Waals surface area contributed by atoms with Crippen LogP contribution >= 0.6 is 0 Å². The van der Waals surface area contributed by atoms with Crippen molar-refractivity contribution >= 4 is 17.4 Å². The van der Waals surface area contributed by atoms with Crippen molar-refractivity contribution in [3.8, 4) is 0 Å². The molecule has 1 fully saturated rings. The van der Waals surface area contributed by atoms with E-state index in [1.807, 2.05) is 48.6 Å². The molecule has 3 heteroatoms. The third kappa shape index (κ3) is 1.44. The van der Waals surface area contributed by atoms with Gasteiger partial charge in [0.15, 0.2) is 0 Å². The number of carbonyl (C=O) groups is 2. The summed E-state index contributed by atoms with van der Waals surface area (Å²) in [5.41, 5.74) is 1.94. The van der Waals surface area contributed by atoms with Crippen molar-refractivity contribution in [2.24, 2.45) is 11.8 Å². The van der Waals surface area contributed by atoms with Gasteiger partial charge in [-0.25, -0.2) is 0 Å². The Bertz CT molecular complexity index is 571. The molecule has 1 aliphatic carbocycles. The number of amides is 2. The molecular weight excluding hydrogens is 226 g/mol. The molecule has 3 rings (SSSR count). The number of carbonyl (C=O) groups excluding carboxylic acids is 2. The number of likely N-dealkylation sites (tertiary alicyclic amines) is 1. The van der Waals surface area contributed by atoms with Gasteiger partial charge >= 0.3 is 0 Å². The van der Waals surface area contributed by atoms with E-state index in [0.717, 1.165) is 11.1 Å². The van der Waals surface area contributed by atoms with E-state index in [1.54, 1.807) is 7.05 Å². The van der Waals surface area contributed by atoms with Crippen LogP contribution in [-0.4, -0.2) is 23.8 Å². The minimum absolute atomic E-state index is 0.107. The molecule has 1 aromatic rings. The maximum Gasteiger partial charge on any atom is 0.237 e. The van der Waals surface area contributed by atoms with Crippen molar-refractivity contribution < 1.29 is 9.59 Å². The molecule has 1 heterocycles. The van der Waals surface area contributed by atoms with Gasteiger partial charge in [-0.3, -0.25) is 14.5 Å². The average Bonchev–Trinajstić information content (AvgIpc) is 2.65. The molecule has 90 valence electrons. The van der Waals surface area contributed by atoms with Gasteiger partial charge in [0.2, 0.25) is 11.8 Å². The second-order valence-electron chi connectivity index (χ2n) is 4.61. The molecule has 2 aliphatic rings. The average molecular weight is 239 g/mol. The number of hydrogen-bond acceptors (Lipinski definition) is 2. The number of benzene rings is 1. The molecule has 0 bridgehead atoms. The first-order valence-electron chi connectivity index (χ1n) is 5.95. The summed E-state index contributed by atoms with van der Waals surface area (Å²) < 4.78 is 0. The Morgan fingerprint density at radius 2 is 1.78 bits per heavy atom. The predicted molar refractivity (Wildman–Crippen MR) is 68.3 cm³/mol. The van der Waals surface area contributed by atoms with Crippen LogP contribution in [0.3, 0.4) is 0 Å². The molecule has 2 amide bonds. The van der Waals surface area contributed by atoms with E-state index in [9.17, 15) is 9.59 Å². The summed E-state index contributed by atoms with van der Waals surface area (Å²) in [5.74, 6) is -0.898. The molecule has 0 unspecified atom stereocenters. The highest BCUT2D eigenvalue weighted by molar-refractivity contribution is 6.11. The molecule has 1 aromatic carbocycles. The number of fused-ring (bicyclic) bond motifs is 1. The van der Waals surface area contributed by atoms with E-state index in [2.05, 4.69) is 0 Å². The third-order valence-corrected chi connectivity index (χ3v) is 3.61. The van der Waals surface area contributed by atoms with Crippen LogP contribution in [0.5, 0.6) is 0 Å². The molecule has 0 radical (unpaired) electrons. The Labute approximate surface area is 105 Å². The molecule has 18 heavy (non-hydrogen) atoms. The highest BCUT2D eigenvalue weighted by atomic mass is 16.2. The predicted octanol–water partition coefficient (Wildman–Crippen LogP) is 1.87. The Hall–Kier alpha value is -2.16. The van der Waals surface area contributed by atoms with Crippen LogP contribution in [0.4, 0.5) is 0 Å². The molecule has 0 saturated carbocycles. The second kappa shape index (κ2) is 3.95. The van der Waals surface area contributed by atoms with Crippen LogP contribution in [0.2, 0.25) is 0 Å². The maximum atomic E-state index is 12.2. The van der Waals surface area contributed by atoms with Gasteiger partial charge in [-0.15, -0.1) is 0 Å². The van der Waals surface area contributed by atoms with Crippen LogP contribution < -0.4 is 0 Å². The summed E-state index contributed by atoms with van der Waals surface area (Å²) in [5, 5.41) is 0. The minimum Gasteiger partial charge on any atom is -0.285 e. The fourth-order valence-electron chi connectivity index (χ4n) is 2.65. The molecule has 0 N–H and O–H groups in total. The van der Waals surface area contributed by atoms with Crippen LogP contribution in [0.1, 0.15) is 5.56 Å². The van der Waals surface area contributed by atoms with Crippen LogP contribution in [0, 0.1) is 11.8 Å². The molecule has 1 aliphatic heterocycles. The first-order chi connectivity index (χ1) is 8.70. The quantitative estimate of drug-likeness (QED) is 0.702. The summed E-state index contributed by atoms with van der Waals surface area (Å²) in [4.78, 5) is 25.4. The number of allylic oxidation sites excluding steroid dienone is 2. The van der Waals surface area contributed by atoms with Gasteiger partial charge in [0, 0.05) is 7.05 Å². The van der Waals surface area contributed by atoms with E-state index < -0.39 is 0 Å². The fraction of sp³-hybridized carbons (Fsp3) is 0.200. The first kappa shape index (κ1) is 11.0. The van der Waals surface area contributed by atoms with Crippen LogP contribution in [-0.2, 0) is 9.59 Å². The molecule has 1 saturated heterocycles. The van der Waals surface area contributed by atoms with Gasteiger partial charge in [0.25, 0.3) is 0 Å². The topological polar surface area (TPSA) is 37.4 Å². The second-order valence-corrected chi connectivity index (χ2v) is 4.61. The van der Waals surface area contributed by atoms with Crippen molar-refractivity contribution in [3.63, 3.8) is 0 Å². The van der Waals surface area contributed by atoms with Crippen molar-refractivity contribution in [1.29, 1.82) is 0 Å². The first-order valence-corrected chi connectivity index (χ1v) is 5.95. The zero-order valence-corrected chi connectivity index (χ0v) is 10.0. The highest BCUT2D eigenvalue weighted by Crippen LogP contribution is 2.39. The monoisotopic (exact) mass is 239 g/mol. The van der Waals surface area contributed by atoms with Gasteiger partial charge in [0.1, 0.15) is 0 Å². The highest BCUT2D eigenvalue weighted by Gasteiger charge is 2.47. The SMILES string of the molecule is CN1C(=O)[C@H]2C(c3ccccc3)=CC=C[C@H]2C1=O. The number of imide groups is 1. The molecule has 2 atom stereocenters. The lowest BCUT2D eigenvalue weighted by Gasteiger charge is -2.19. The lowest BCUT2D eigenvalue weighted by Crippen LogP contribution is -2.26. The van der Waals surface area contributed by atoms with E-state index in [4.69, 9.17) is 0 Å². The van der Waals surface area contributed by atoms with Crippen molar-refractivity contribution in [1.82, 2.24) is 4.90 Å². The van der Waals surface area contributed by atoms with E-state index in [0.29, 0.717) is 0 Å². The molecule has 0 spiro atoms. The van der Waals surface area contributed by atoms with E-state index in [1.165, 1.54) is 4.90 Å². The Morgan fingerprint density at radius 1 is 1.06 bits per heavy atom. The van der Waals surface area contributed by atoms with Gasteiger partial charge in [-0.2, -0.15) is 0 Å². The molecule has 0 aromatic heterocycles. The fourth-order valence-corrected chi connectivity index (χ4v) is 2.65. The van der Waals surface area contributed by atoms with Gasteiger partial charge < -0.3 is 0 Å². The Balaban J connectivity index is 2.07. The summed E-state index contributed by atoms with van der Waals surface area (Å²) >= 11 is 0. The Kier molecular flexibility index (Phi) is 2.40. The van der Waals surface area contributed by atoms with Gasteiger partial charge in [-0.05, 0) is 11.1 Å². The number of rotatable bonds is 1. The van der Waals surface area contributed by atoms with Crippen molar-refractivity contribution in [2.75, 3.05) is 7.05 Å². The zero-order chi connectivity index (χ0) is 12.7. The van der Waals surface area contributed by atoms with Crippen molar-refractivity contribution in [2.45, 2.75) is 0 Å². The Morgan fingerprint density at radius 3 is 2.50 bits per heavy atom. The minimum atomic E-state index is -0.352. The van der Waals surface area contributed by atoms with Gasteiger partial charge in [0.05, 0.1) is 11.8 Å². The molecule has 3 nitrogen and oxygen atoms in total. The summed E-state index contributed by atoms with van der Waals surface area (Å²) in [6, 6.07) is 9.76. The summed E-state index contributed by atoms with van der Waals surface area (Å²) in [7, 11) is 1.56.